The molecule has 1 rings (SSSR count). The van der Waals surface area contributed by atoms with Gasteiger partial charge in [0, 0.05) is 4.47 Å². The Morgan fingerprint density at radius 3 is 2.71 bits per heavy atom. The number of nitrogens with zero attached hydrogens (tertiary/aromatic N) is 1. The van der Waals surface area contributed by atoms with Crippen LogP contribution in [0.5, 0.6) is 0 Å². The Labute approximate surface area is 91.3 Å². The molecule has 0 bridgehead atoms. The fraction of sp³-hybridized carbons (Fsp3) is 0.300. The molecule has 0 aliphatic rings. The maximum Gasteiger partial charge on any atom is 0.0992 e. The van der Waals surface area contributed by atoms with Crippen LogP contribution in [-0.2, 0) is 5.54 Å². The first-order valence-corrected chi connectivity index (χ1v) is 4.90. The number of rotatable bonds is 2. The van der Waals surface area contributed by atoms with Crippen LogP contribution in [0.15, 0.2) is 22.7 Å². The molecule has 3 N–H and O–H groups in total. The molecule has 0 spiro atoms. The van der Waals surface area contributed by atoms with Crippen LogP contribution in [0.1, 0.15) is 18.1 Å². The first-order valence-electron chi connectivity index (χ1n) is 4.10. The number of aliphatic hydroxyl groups is 1. The molecule has 14 heavy (non-hydrogen) atoms. The lowest BCUT2D eigenvalue weighted by atomic mass is 9.93. The average Bonchev–Trinajstić information content (AvgIpc) is 2.16. The van der Waals surface area contributed by atoms with Crippen molar-refractivity contribution < 1.29 is 5.11 Å². The molecule has 74 valence electrons. The third-order valence-electron chi connectivity index (χ3n) is 2.01. The standard InChI is InChI=1S/C10H11BrN2O/c1-10(13,6-14)8-2-7(5-12)3-9(11)4-8/h2-4,14H,6,13H2,1H3. The molecule has 0 saturated heterocycles. The second kappa shape index (κ2) is 4.09. The van der Waals surface area contributed by atoms with E-state index in [9.17, 15) is 0 Å². The van der Waals surface area contributed by atoms with Gasteiger partial charge in [0.25, 0.3) is 0 Å². The van der Waals surface area contributed by atoms with Gasteiger partial charge in [0.05, 0.1) is 23.8 Å². The monoisotopic (exact) mass is 254 g/mol. The Balaban J connectivity index is 3.24. The number of benzene rings is 1. The molecule has 0 aliphatic carbocycles. The third kappa shape index (κ3) is 2.32. The van der Waals surface area contributed by atoms with Crippen LogP contribution in [0.4, 0.5) is 0 Å². The number of hydrogen-bond acceptors (Lipinski definition) is 3. The largest absolute Gasteiger partial charge is 0.394 e. The number of nitriles is 1. The molecule has 0 saturated carbocycles. The molecular formula is C10H11BrN2O. The van der Waals surface area contributed by atoms with Crippen molar-refractivity contribution in [3.05, 3.63) is 33.8 Å². The summed E-state index contributed by atoms with van der Waals surface area (Å²) in [6.07, 6.45) is 0. The molecule has 0 fully saturated rings. The summed E-state index contributed by atoms with van der Waals surface area (Å²) < 4.78 is 0.789. The van der Waals surface area contributed by atoms with E-state index in [0.717, 1.165) is 10.0 Å². The molecule has 0 radical (unpaired) electrons. The van der Waals surface area contributed by atoms with E-state index in [1.54, 1.807) is 25.1 Å². The van der Waals surface area contributed by atoms with E-state index in [1.807, 2.05) is 6.07 Å². The lowest BCUT2D eigenvalue weighted by Crippen LogP contribution is -2.37. The first-order chi connectivity index (χ1) is 6.49. The smallest absolute Gasteiger partial charge is 0.0992 e. The molecule has 1 unspecified atom stereocenters. The summed E-state index contributed by atoms with van der Waals surface area (Å²) in [6.45, 7) is 1.56. The van der Waals surface area contributed by atoms with E-state index in [4.69, 9.17) is 16.1 Å². The van der Waals surface area contributed by atoms with Crippen LogP contribution in [0, 0.1) is 11.3 Å². The summed E-state index contributed by atoms with van der Waals surface area (Å²) in [5, 5.41) is 17.8. The maximum atomic E-state index is 9.08. The predicted molar refractivity (Wildman–Crippen MR) is 57.5 cm³/mol. The number of aliphatic hydroxyl groups excluding tert-OH is 1. The highest BCUT2D eigenvalue weighted by atomic mass is 79.9. The van der Waals surface area contributed by atoms with Gasteiger partial charge >= 0.3 is 0 Å². The first kappa shape index (κ1) is 11.2. The van der Waals surface area contributed by atoms with Crippen molar-refractivity contribution in [2.24, 2.45) is 5.73 Å². The van der Waals surface area contributed by atoms with Gasteiger partial charge < -0.3 is 10.8 Å². The molecule has 4 heteroatoms. The van der Waals surface area contributed by atoms with Crippen molar-refractivity contribution in [1.82, 2.24) is 0 Å². The van der Waals surface area contributed by atoms with Gasteiger partial charge in [-0.1, -0.05) is 15.9 Å². The molecule has 1 atom stereocenters. The minimum Gasteiger partial charge on any atom is -0.394 e. The zero-order valence-corrected chi connectivity index (χ0v) is 9.37. The second-order valence-corrected chi connectivity index (χ2v) is 4.33. The topological polar surface area (TPSA) is 70.0 Å². The van der Waals surface area contributed by atoms with Gasteiger partial charge in [-0.2, -0.15) is 5.26 Å². The van der Waals surface area contributed by atoms with Crippen LogP contribution in [0.3, 0.4) is 0 Å². The van der Waals surface area contributed by atoms with Crippen molar-refractivity contribution >= 4 is 15.9 Å². The van der Waals surface area contributed by atoms with Crippen molar-refractivity contribution in [2.75, 3.05) is 6.61 Å². The SMILES string of the molecule is CC(N)(CO)c1cc(Br)cc(C#N)c1. The molecule has 1 aromatic rings. The van der Waals surface area contributed by atoms with Crippen molar-refractivity contribution in [2.45, 2.75) is 12.5 Å². The Hall–Kier alpha value is -0.890. The van der Waals surface area contributed by atoms with Gasteiger partial charge in [0.15, 0.2) is 0 Å². The Morgan fingerprint density at radius 2 is 2.21 bits per heavy atom. The summed E-state index contributed by atoms with van der Waals surface area (Å²) in [5.41, 5.74) is 6.31. The zero-order chi connectivity index (χ0) is 10.8. The zero-order valence-electron chi connectivity index (χ0n) is 7.79. The quantitative estimate of drug-likeness (QED) is 0.841. The van der Waals surface area contributed by atoms with E-state index in [-0.39, 0.29) is 6.61 Å². The number of nitrogens with two attached hydrogens (primary N) is 1. The van der Waals surface area contributed by atoms with E-state index in [2.05, 4.69) is 15.9 Å². The Morgan fingerprint density at radius 1 is 1.57 bits per heavy atom. The fourth-order valence-corrected chi connectivity index (χ4v) is 1.57. The van der Waals surface area contributed by atoms with Gasteiger partial charge in [-0.15, -0.1) is 0 Å². The molecule has 1 aromatic carbocycles. The Kier molecular flexibility index (Phi) is 3.27. The van der Waals surface area contributed by atoms with E-state index in [0.29, 0.717) is 5.56 Å². The van der Waals surface area contributed by atoms with Gasteiger partial charge in [-0.05, 0) is 30.7 Å². The lowest BCUT2D eigenvalue weighted by molar-refractivity contribution is 0.210. The van der Waals surface area contributed by atoms with E-state index < -0.39 is 5.54 Å². The molecular weight excluding hydrogens is 244 g/mol. The second-order valence-electron chi connectivity index (χ2n) is 3.42. The highest BCUT2D eigenvalue weighted by Gasteiger charge is 2.20. The molecule has 0 amide bonds. The van der Waals surface area contributed by atoms with Crippen LogP contribution in [0.2, 0.25) is 0 Å². The van der Waals surface area contributed by atoms with E-state index >= 15 is 0 Å². The molecule has 0 aromatic heterocycles. The highest BCUT2D eigenvalue weighted by molar-refractivity contribution is 9.10. The van der Waals surface area contributed by atoms with Crippen molar-refractivity contribution in [3.8, 4) is 6.07 Å². The molecule has 3 nitrogen and oxygen atoms in total. The van der Waals surface area contributed by atoms with Gasteiger partial charge in [-0.3, -0.25) is 0 Å². The van der Waals surface area contributed by atoms with Gasteiger partial charge in [-0.25, -0.2) is 0 Å². The van der Waals surface area contributed by atoms with Crippen LogP contribution in [-0.4, -0.2) is 11.7 Å². The molecule has 0 heterocycles. The third-order valence-corrected chi connectivity index (χ3v) is 2.47. The average molecular weight is 255 g/mol. The fourth-order valence-electron chi connectivity index (χ4n) is 1.08. The van der Waals surface area contributed by atoms with Crippen molar-refractivity contribution in [3.63, 3.8) is 0 Å². The van der Waals surface area contributed by atoms with Crippen LogP contribution >= 0.6 is 15.9 Å². The minimum atomic E-state index is -0.810. The summed E-state index contributed by atoms with van der Waals surface area (Å²) in [4.78, 5) is 0. The number of halogens is 1. The summed E-state index contributed by atoms with van der Waals surface area (Å²) in [7, 11) is 0. The van der Waals surface area contributed by atoms with E-state index in [1.165, 1.54) is 0 Å². The molecule has 0 aliphatic heterocycles. The number of hydrogen-bond donors (Lipinski definition) is 2. The van der Waals surface area contributed by atoms with Gasteiger partial charge in [0.2, 0.25) is 0 Å². The predicted octanol–water partition coefficient (Wildman–Crippen LogP) is 1.49. The minimum absolute atomic E-state index is 0.158. The van der Waals surface area contributed by atoms with Crippen molar-refractivity contribution in [1.29, 1.82) is 5.26 Å². The summed E-state index contributed by atoms with van der Waals surface area (Å²) in [5.74, 6) is 0. The Bertz CT molecular complexity index is 382. The lowest BCUT2D eigenvalue weighted by Gasteiger charge is -2.22. The maximum absolute atomic E-state index is 9.08. The summed E-state index contributed by atoms with van der Waals surface area (Å²) >= 11 is 3.29. The van der Waals surface area contributed by atoms with Crippen LogP contribution in [0.25, 0.3) is 0 Å². The normalized spacial score (nSPS) is 14.5. The highest BCUT2D eigenvalue weighted by Crippen LogP contribution is 2.23. The van der Waals surface area contributed by atoms with Crippen LogP contribution < -0.4 is 5.73 Å². The van der Waals surface area contributed by atoms with Gasteiger partial charge in [0.1, 0.15) is 0 Å². The summed E-state index contributed by atoms with van der Waals surface area (Å²) in [6, 6.07) is 7.23.